The van der Waals surface area contributed by atoms with Crippen molar-refractivity contribution in [3.63, 3.8) is 0 Å². The number of nitrogens with zero attached hydrogens (tertiary/aromatic N) is 1. The molecule has 0 aromatic heterocycles. The molecule has 3 amide bonds. The van der Waals surface area contributed by atoms with Crippen LogP contribution in [0.3, 0.4) is 0 Å². The number of rotatable bonds is 19. The lowest BCUT2D eigenvalue weighted by atomic mass is 9.99. The third kappa shape index (κ3) is 14.9. The fourth-order valence-electron chi connectivity index (χ4n) is 4.50. The average molecular weight is 608 g/mol. The van der Waals surface area contributed by atoms with Gasteiger partial charge in [0.1, 0.15) is 17.7 Å². The summed E-state index contributed by atoms with van der Waals surface area (Å²) in [6, 6.07) is 5.72. The minimum Gasteiger partial charge on any atom is -0.466 e. The Labute approximate surface area is 257 Å². The molecule has 1 aromatic carbocycles. The Balaban J connectivity index is 3.39. The molecule has 0 bridgehead atoms. The summed E-state index contributed by atoms with van der Waals surface area (Å²) in [7, 11) is 0. The van der Waals surface area contributed by atoms with E-state index in [-0.39, 0.29) is 31.4 Å². The first-order valence-electron chi connectivity index (χ1n) is 15.2. The molecule has 0 fully saturated rings. The molecular weight excluding hydrogens is 554 g/mol. The van der Waals surface area contributed by atoms with Crippen LogP contribution in [0.1, 0.15) is 103 Å². The van der Waals surface area contributed by atoms with Crippen molar-refractivity contribution in [1.29, 1.82) is 0 Å². The minimum atomic E-state index is -0.938. The van der Waals surface area contributed by atoms with Crippen molar-refractivity contribution in [1.82, 2.24) is 15.5 Å². The molecule has 0 aliphatic carbocycles. The fraction of sp³-hybridized carbons (Fsp3) is 0.688. The molecule has 10 heteroatoms. The Morgan fingerprint density at radius 1 is 1.02 bits per heavy atom. The molecule has 0 aliphatic heterocycles. The fourth-order valence-corrected chi connectivity index (χ4v) is 4.97. The summed E-state index contributed by atoms with van der Waals surface area (Å²) in [6.07, 6.45) is 7.79. The molecule has 0 heterocycles. The predicted octanol–water partition coefficient (Wildman–Crippen LogP) is 5.94. The number of ether oxygens (including phenoxy) is 2. The molecule has 0 saturated heterocycles. The summed E-state index contributed by atoms with van der Waals surface area (Å²) in [5.74, 6) is -0.484. The number of hydrogen-bond donors (Lipinski definition) is 2. The number of alkyl carbamates (subject to hydrolysis) is 1. The van der Waals surface area contributed by atoms with Gasteiger partial charge in [0.2, 0.25) is 11.8 Å². The highest BCUT2D eigenvalue weighted by Gasteiger charge is 2.36. The van der Waals surface area contributed by atoms with Gasteiger partial charge in [-0.25, -0.2) is 4.79 Å². The van der Waals surface area contributed by atoms with Gasteiger partial charge in [-0.1, -0.05) is 68.9 Å². The van der Waals surface area contributed by atoms with Crippen molar-refractivity contribution in [3.8, 4) is 0 Å². The lowest BCUT2D eigenvalue weighted by Crippen LogP contribution is -2.53. The van der Waals surface area contributed by atoms with E-state index in [9.17, 15) is 19.2 Å². The summed E-state index contributed by atoms with van der Waals surface area (Å²) in [5, 5.41) is 5.62. The molecule has 9 nitrogen and oxygen atoms in total. The van der Waals surface area contributed by atoms with Gasteiger partial charge in [-0.05, 0) is 65.0 Å². The van der Waals surface area contributed by atoms with Gasteiger partial charge in [-0.15, -0.1) is 0 Å². The van der Waals surface area contributed by atoms with E-state index >= 15 is 0 Å². The number of nitrogens with one attached hydrogen (secondary N) is 2. The van der Waals surface area contributed by atoms with Crippen LogP contribution in [-0.2, 0) is 23.9 Å². The van der Waals surface area contributed by atoms with Crippen molar-refractivity contribution < 1.29 is 28.7 Å². The van der Waals surface area contributed by atoms with Gasteiger partial charge in [-0.3, -0.25) is 14.4 Å². The second-order valence-corrected chi connectivity index (χ2v) is 12.4. The maximum atomic E-state index is 14.3. The monoisotopic (exact) mass is 607 g/mol. The van der Waals surface area contributed by atoms with Crippen molar-refractivity contribution in [2.45, 2.75) is 111 Å². The third-order valence-electron chi connectivity index (χ3n) is 6.49. The van der Waals surface area contributed by atoms with Gasteiger partial charge in [0.25, 0.3) is 0 Å². The van der Waals surface area contributed by atoms with Crippen molar-refractivity contribution >= 4 is 35.6 Å². The zero-order valence-corrected chi connectivity index (χ0v) is 27.6. The molecule has 0 radical (unpaired) electrons. The summed E-state index contributed by atoms with van der Waals surface area (Å²) in [5.41, 5.74) is 0.900. The van der Waals surface area contributed by atoms with E-state index in [0.717, 1.165) is 44.1 Å². The first kappa shape index (κ1) is 37.3. The molecule has 238 valence electrons. The van der Waals surface area contributed by atoms with Crippen LogP contribution in [-0.4, -0.2) is 72.1 Å². The summed E-state index contributed by atoms with van der Waals surface area (Å²) in [6.45, 7) is 11.8. The van der Waals surface area contributed by atoms with Crippen molar-refractivity contribution in [2.75, 3.05) is 31.7 Å². The van der Waals surface area contributed by atoms with Crippen LogP contribution in [0.5, 0.6) is 0 Å². The van der Waals surface area contributed by atoms with Crippen LogP contribution >= 0.6 is 11.8 Å². The lowest BCUT2D eigenvalue weighted by molar-refractivity contribution is -0.144. The predicted molar refractivity (Wildman–Crippen MR) is 169 cm³/mol. The molecule has 42 heavy (non-hydrogen) atoms. The van der Waals surface area contributed by atoms with Gasteiger partial charge in [0.05, 0.1) is 13.0 Å². The topological polar surface area (TPSA) is 114 Å². The number of unbranched alkanes of at least 4 members (excludes halogenated alkanes) is 5. The molecule has 0 saturated carbocycles. The number of carbonyl (C=O) groups excluding carboxylic acids is 4. The number of amides is 3. The molecule has 2 unspecified atom stereocenters. The van der Waals surface area contributed by atoms with Crippen LogP contribution in [0.15, 0.2) is 24.3 Å². The number of hydrogen-bond acceptors (Lipinski definition) is 7. The van der Waals surface area contributed by atoms with Gasteiger partial charge in [-0.2, -0.15) is 11.8 Å². The van der Waals surface area contributed by atoms with E-state index in [1.807, 2.05) is 37.4 Å². The average Bonchev–Trinajstić information content (AvgIpc) is 2.91. The van der Waals surface area contributed by atoms with Gasteiger partial charge >= 0.3 is 12.1 Å². The molecule has 1 rings (SSSR count). The van der Waals surface area contributed by atoms with E-state index in [1.54, 1.807) is 44.4 Å². The highest BCUT2D eigenvalue weighted by molar-refractivity contribution is 7.98. The van der Waals surface area contributed by atoms with E-state index in [4.69, 9.17) is 9.47 Å². The summed E-state index contributed by atoms with van der Waals surface area (Å²) >= 11 is 1.57. The first-order valence-corrected chi connectivity index (χ1v) is 16.6. The highest BCUT2D eigenvalue weighted by atomic mass is 32.2. The van der Waals surface area contributed by atoms with Crippen molar-refractivity contribution in [3.05, 3.63) is 35.4 Å². The zero-order valence-electron chi connectivity index (χ0n) is 26.8. The maximum absolute atomic E-state index is 14.3. The number of benzene rings is 1. The summed E-state index contributed by atoms with van der Waals surface area (Å²) < 4.78 is 10.5. The molecule has 2 atom stereocenters. The number of esters is 1. The highest BCUT2D eigenvalue weighted by Crippen LogP contribution is 2.25. The molecular formula is C32H53N3O6S. The summed E-state index contributed by atoms with van der Waals surface area (Å²) in [4.78, 5) is 54.3. The van der Waals surface area contributed by atoms with E-state index in [0.29, 0.717) is 24.3 Å². The van der Waals surface area contributed by atoms with Crippen LogP contribution < -0.4 is 10.6 Å². The molecule has 1 aromatic rings. The second kappa shape index (κ2) is 20.2. The number of aryl methyl sites for hydroxylation is 1. The maximum Gasteiger partial charge on any atom is 0.408 e. The standard InChI is InChI=1S/C32H53N3O6S/c1-8-10-11-12-13-14-21-35(30(38)26(19-22-42-7)34-31(39)41-32(4,5)6)28(25-17-15-16-24(3)23-25)29(37)33-20-18-27(36)40-9-2/h15-17,23,26,28H,8-14,18-22H2,1-7H3,(H,33,37)(H,34,39). The number of thioether (sulfide) groups is 1. The largest absolute Gasteiger partial charge is 0.466 e. The van der Waals surface area contributed by atoms with Crippen LogP contribution in [0.4, 0.5) is 4.79 Å². The van der Waals surface area contributed by atoms with Crippen LogP contribution in [0.25, 0.3) is 0 Å². The van der Waals surface area contributed by atoms with Gasteiger partial charge < -0.3 is 25.0 Å². The zero-order chi connectivity index (χ0) is 31.5. The SMILES string of the molecule is CCCCCCCCN(C(=O)C(CCSC)NC(=O)OC(C)(C)C)C(C(=O)NCCC(=O)OCC)c1cccc(C)c1. The molecule has 0 aliphatic rings. The normalized spacial score (nSPS) is 12.6. The van der Waals surface area contributed by atoms with Crippen LogP contribution in [0, 0.1) is 6.92 Å². The minimum absolute atomic E-state index is 0.0298. The van der Waals surface area contributed by atoms with E-state index in [1.165, 1.54) is 0 Å². The third-order valence-corrected chi connectivity index (χ3v) is 7.13. The Morgan fingerprint density at radius 3 is 2.33 bits per heavy atom. The second-order valence-electron chi connectivity index (χ2n) is 11.4. The molecule has 0 spiro atoms. The Hall–Kier alpha value is -2.75. The Kier molecular flexibility index (Phi) is 17.9. The van der Waals surface area contributed by atoms with Crippen molar-refractivity contribution in [2.24, 2.45) is 0 Å². The Morgan fingerprint density at radius 2 is 1.71 bits per heavy atom. The Bertz CT molecular complexity index is 981. The van der Waals surface area contributed by atoms with Gasteiger partial charge in [0, 0.05) is 13.1 Å². The quantitative estimate of drug-likeness (QED) is 0.148. The first-order chi connectivity index (χ1) is 19.9. The number of carbonyl (C=O) groups is 4. The van der Waals surface area contributed by atoms with E-state index in [2.05, 4.69) is 17.6 Å². The van der Waals surface area contributed by atoms with Gasteiger partial charge in [0.15, 0.2) is 0 Å². The molecule has 2 N–H and O–H groups in total. The lowest BCUT2D eigenvalue weighted by Gasteiger charge is -2.34. The van der Waals surface area contributed by atoms with Crippen LogP contribution in [0.2, 0.25) is 0 Å². The van der Waals surface area contributed by atoms with E-state index < -0.39 is 29.7 Å². The smallest absolute Gasteiger partial charge is 0.408 e.